The van der Waals surface area contributed by atoms with Crippen LogP contribution in [0.1, 0.15) is 5.56 Å². The van der Waals surface area contributed by atoms with Crippen molar-refractivity contribution in [1.82, 2.24) is 4.98 Å². The molecule has 0 aliphatic carbocycles. The number of thioether (sulfide) groups is 1. The molecule has 0 saturated heterocycles. The van der Waals surface area contributed by atoms with Crippen LogP contribution < -0.4 is 5.73 Å². The molecule has 0 radical (unpaired) electrons. The highest BCUT2D eigenvalue weighted by molar-refractivity contribution is 7.99. The van der Waals surface area contributed by atoms with Crippen LogP contribution in [-0.2, 0) is 11.0 Å². The summed E-state index contributed by atoms with van der Waals surface area (Å²) in [6.45, 7) is 0. The highest BCUT2D eigenvalue weighted by Crippen LogP contribution is 2.29. The third kappa shape index (κ3) is 3.78. The van der Waals surface area contributed by atoms with Crippen molar-refractivity contribution in [2.45, 2.75) is 11.2 Å². The van der Waals surface area contributed by atoms with Crippen molar-refractivity contribution in [3.63, 3.8) is 0 Å². The average molecular weight is 236 g/mol. The molecule has 7 heteroatoms. The average Bonchev–Trinajstić information content (AvgIpc) is 2.14. The quantitative estimate of drug-likeness (QED) is 0.812. The zero-order chi connectivity index (χ0) is 11.5. The van der Waals surface area contributed by atoms with Gasteiger partial charge in [0.25, 0.3) is 0 Å². The molecule has 1 aromatic heterocycles. The molecule has 0 atom stereocenters. The monoisotopic (exact) mass is 236 g/mol. The summed E-state index contributed by atoms with van der Waals surface area (Å²) in [7, 11) is 0. The summed E-state index contributed by atoms with van der Waals surface area (Å²) in [5.74, 6) is -0.542. The Morgan fingerprint density at radius 2 is 2.13 bits per heavy atom. The van der Waals surface area contributed by atoms with E-state index in [-0.39, 0.29) is 5.75 Å². The lowest BCUT2D eigenvalue weighted by Gasteiger charge is -2.05. The van der Waals surface area contributed by atoms with E-state index in [1.165, 1.54) is 6.07 Å². The molecule has 0 spiro atoms. The summed E-state index contributed by atoms with van der Waals surface area (Å²) in [5.41, 5.74) is 4.06. The van der Waals surface area contributed by atoms with Gasteiger partial charge in [0.05, 0.1) is 16.3 Å². The minimum atomic E-state index is -4.39. The molecule has 0 fully saturated rings. The molecule has 82 valence electrons. The van der Waals surface area contributed by atoms with E-state index in [0.29, 0.717) is 5.03 Å². The van der Waals surface area contributed by atoms with Crippen LogP contribution in [-0.4, -0.2) is 16.6 Å². The molecule has 0 saturated carbocycles. The van der Waals surface area contributed by atoms with E-state index >= 15 is 0 Å². The van der Waals surface area contributed by atoms with Crippen LogP contribution in [0.5, 0.6) is 0 Å². The highest BCUT2D eigenvalue weighted by Gasteiger charge is 2.30. The van der Waals surface area contributed by atoms with Crippen molar-refractivity contribution in [3.8, 4) is 0 Å². The summed E-state index contributed by atoms with van der Waals surface area (Å²) in [4.78, 5) is 13.9. The zero-order valence-corrected chi connectivity index (χ0v) is 8.23. The molecule has 15 heavy (non-hydrogen) atoms. The summed E-state index contributed by atoms with van der Waals surface area (Å²) < 4.78 is 36.3. The Kier molecular flexibility index (Phi) is 3.57. The smallest absolute Gasteiger partial charge is 0.369 e. The maximum absolute atomic E-state index is 12.1. The molecular formula is C8H7F3N2OS. The summed E-state index contributed by atoms with van der Waals surface area (Å²) in [6, 6.07) is 2.12. The highest BCUT2D eigenvalue weighted by atomic mass is 32.2. The Labute approximate surface area is 87.9 Å². The van der Waals surface area contributed by atoms with Gasteiger partial charge in [0.1, 0.15) is 0 Å². The lowest BCUT2D eigenvalue weighted by atomic mass is 10.3. The molecule has 1 rings (SSSR count). The number of rotatable bonds is 3. The first-order valence-corrected chi connectivity index (χ1v) is 4.82. The predicted octanol–water partition coefficient (Wildman–Crippen LogP) is 1.68. The predicted molar refractivity (Wildman–Crippen MR) is 49.2 cm³/mol. The fourth-order valence-corrected chi connectivity index (χ4v) is 1.36. The Morgan fingerprint density at radius 1 is 1.47 bits per heavy atom. The number of alkyl halides is 3. The van der Waals surface area contributed by atoms with Crippen LogP contribution in [0, 0.1) is 0 Å². The first-order chi connectivity index (χ1) is 6.89. The molecule has 0 aliphatic heterocycles. The van der Waals surface area contributed by atoms with Gasteiger partial charge in [0, 0.05) is 6.20 Å². The SMILES string of the molecule is NC(=O)CSc1ccc(C(F)(F)F)cn1. The van der Waals surface area contributed by atoms with E-state index < -0.39 is 17.6 Å². The molecule has 1 aromatic rings. The molecule has 0 aliphatic rings. The molecular weight excluding hydrogens is 229 g/mol. The maximum atomic E-state index is 12.1. The standard InChI is InChI=1S/C8H7F3N2OS/c9-8(10,11)5-1-2-7(13-3-5)15-4-6(12)14/h1-3H,4H2,(H2,12,14). The summed E-state index contributed by atoms with van der Waals surface area (Å²) >= 11 is 0.995. The first kappa shape index (κ1) is 11.8. The number of halogens is 3. The third-order valence-corrected chi connectivity index (χ3v) is 2.39. The maximum Gasteiger partial charge on any atom is 0.417 e. The topological polar surface area (TPSA) is 56.0 Å². The first-order valence-electron chi connectivity index (χ1n) is 3.84. The van der Waals surface area contributed by atoms with Gasteiger partial charge in [-0.15, -0.1) is 0 Å². The number of nitrogens with two attached hydrogens (primary N) is 1. The van der Waals surface area contributed by atoms with Crippen molar-refractivity contribution in [3.05, 3.63) is 23.9 Å². The van der Waals surface area contributed by atoms with Gasteiger partial charge in [-0.1, -0.05) is 11.8 Å². The van der Waals surface area contributed by atoms with Crippen molar-refractivity contribution < 1.29 is 18.0 Å². The van der Waals surface area contributed by atoms with Crippen molar-refractivity contribution in [1.29, 1.82) is 0 Å². The molecule has 2 N–H and O–H groups in total. The van der Waals surface area contributed by atoms with E-state index in [2.05, 4.69) is 4.98 Å². The van der Waals surface area contributed by atoms with E-state index in [0.717, 1.165) is 24.0 Å². The number of amides is 1. The normalized spacial score (nSPS) is 11.4. The molecule has 1 heterocycles. The number of carbonyl (C=O) groups excluding carboxylic acids is 1. The number of hydrogen-bond acceptors (Lipinski definition) is 3. The zero-order valence-electron chi connectivity index (χ0n) is 7.41. The molecule has 3 nitrogen and oxygen atoms in total. The lowest BCUT2D eigenvalue weighted by Crippen LogP contribution is -2.13. The Morgan fingerprint density at radius 3 is 2.53 bits per heavy atom. The van der Waals surface area contributed by atoms with Crippen LogP contribution in [0.3, 0.4) is 0 Å². The lowest BCUT2D eigenvalue weighted by molar-refractivity contribution is -0.137. The van der Waals surface area contributed by atoms with Crippen LogP contribution >= 0.6 is 11.8 Å². The van der Waals surface area contributed by atoms with Crippen LogP contribution in [0.4, 0.5) is 13.2 Å². The van der Waals surface area contributed by atoms with Crippen molar-refractivity contribution in [2.24, 2.45) is 5.73 Å². The minimum absolute atomic E-state index is 0.00162. The molecule has 0 unspecified atom stereocenters. The number of hydrogen-bond donors (Lipinski definition) is 1. The number of carbonyl (C=O) groups is 1. The van der Waals surface area contributed by atoms with Gasteiger partial charge in [-0.25, -0.2) is 4.98 Å². The summed E-state index contributed by atoms with van der Waals surface area (Å²) in [6.07, 6.45) is -3.66. The number of nitrogens with zero attached hydrogens (tertiary/aromatic N) is 1. The van der Waals surface area contributed by atoms with E-state index in [9.17, 15) is 18.0 Å². The van der Waals surface area contributed by atoms with Gasteiger partial charge in [0.2, 0.25) is 5.91 Å². The van der Waals surface area contributed by atoms with Gasteiger partial charge < -0.3 is 5.73 Å². The number of aromatic nitrogens is 1. The third-order valence-electron chi connectivity index (χ3n) is 1.43. The minimum Gasteiger partial charge on any atom is -0.369 e. The molecule has 0 aromatic carbocycles. The fourth-order valence-electron chi connectivity index (χ4n) is 0.778. The molecule has 0 bridgehead atoms. The van der Waals surface area contributed by atoms with Crippen LogP contribution in [0.2, 0.25) is 0 Å². The largest absolute Gasteiger partial charge is 0.417 e. The fraction of sp³-hybridized carbons (Fsp3) is 0.250. The van der Waals surface area contributed by atoms with E-state index in [1.54, 1.807) is 0 Å². The van der Waals surface area contributed by atoms with E-state index in [4.69, 9.17) is 5.73 Å². The van der Waals surface area contributed by atoms with Gasteiger partial charge >= 0.3 is 6.18 Å². The second-order valence-corrected chi connectivity index (χ2v) is 3.63. The van der Waals surface area contributed by atoms with Gasteiger partial charge in [0.15, 0.2) is 0 Å². The Hall–Kier alpha value is -1.24. The number of primary amides is 1. The van der Waals surface area contributed by atoms with Gasteiger partial charge in [-0.05, 0) is 12.1 Å². The van der Waals surface area contributed by atoms with Gasteiger partial charge in [-0.3, -0.25) is 4.79 Å². The second-order valence-electron chi connectivity index (χ2n) is 2.64. The Balaban J connectivity index is 2.69. The van der Waals surface area contributed by atoms with Crippen molar-refractivity contribution in [2.75, 3.05) is 5.75 Å². The van der Waals surface area contributed by atoms with E-state index in [1.807, 2.05) is 0 Å². The van der Waals surface area contributed by atoms with Crippen LogP contribution in [0.25, 0.3) is 0 Å². The second kappa shape index (κ2) is 4.52. The number of pyridine rings is 1. The Bertz CT molecular complexity index is 350. The molecule has 1 amide bonds. The van der Waals surface area contributed by atoms with Crippen LogP contribution in [0.15, 0.2) is 23.4 Å². The van der Waals surface area contributed by atoms with Gasteiger partial charge in [-0.2, -0.15) is 13.2 Å². The summed E-state index contributed by atoms with van der Waals surface area (Å²) in [5, 5.41) is 0.335. The van der Waals surface area contributed by atoms with Crippen molar-refractivity contribution >= 4 is 17.7 Å².